The van der Waals surface area contributed by atoms with Gasteiger partial charge in [0.1, 0.15) is 23.9 Å². The molecule has 1 saturated heterocycles. The number of carbonyl (C=O) groups is 1. The molecule has 200 valence electrons. The van der Waals surface area contributed by atoms with Gasteiger partial charge in [0.15, 0.2) is 5.65 Å². The van der Waals surface area contributed by atoms with Crippen LogP contribution in [0.1, 0.15) is 61.2 Å². The number of likely N-dealkylation sites (tertiary alicyclic amines) is 1. The van der Waals surface area contributed by atoms with Crippen molar-refractivity contribution in [2.24, 2.45) is 0 Å². The summed E-state index contributed by atoms with van der Waals surface area (Å²) in [5, 5.41) is 23.9. The number of halogens is 3. The minimum absolute atomic E-state index is 0.0435. The maximum absolute atomic E-state index is 14.8. The van der Waals surface area contributed by atoms with Gasteiger partial charge in [-0.05, 0) is 32.8 Å². The number of hydrogen-bond donors (Lipinski definition) is 2. The van der Waals surface area contributed by atoms with E-state index >= 15 is 0 Å². The van der Waals surface area contributed by atoms with Crippen molar-refractivity contribution >= 4 is 22.8 Å². The van der Waals surface area contributed by atoms with E-state index < -0.39 is 29.4 Å². The monoisotopic (exact) mass is 528 g/mol. The molecule has 9 nitrogen and oxygen atoms in total. The molecule has 1 amide bonds. The van der Waals surface area contributed by atoms with E-state index in [4.69, 9.17) is 10.00 Å². The van der Waals surface area contributed by atoms with Gasteiger partial charge in [0.2, 0.25) is 11.8 Å². The summed E-state index contributed by atoms with van der Waals surface area (Å²) in [7, 11) is 1.42. The second-order valence-corrected chi connectivity index (χ2v) is 9.20. The number of rotatable bonds is 7. The number of alkyl halides is 2. The smallest absolute Gasteiger partial charge is 0.266 e. The van der Waals surface area contributed by atoms with Gasteiger partial charge in [0.05, 0.1) is 35.8 Å². The summed E-state index contributed by atoms with van der Waals surface area (Å²) in [4.78, 5) is 26.9. The van der Waals surface area contributed by atoms with Gasteiger partial charge >= 0.3 is 0 Å². The van der Waals surface area contributed by atoms with Crippen molar-refractivity contribution in [3.8, 4) is 11.9 Å². The quantitative estimate of drug-likeness (QED) is 0.465. The van der Waals surface area contributed by atoms with Crippen LogP contribution in [-0.2, 0) is 10.4 Å². The molecule has 1 aliphatic heterocycles. The number of methoxy groups -OCH3 is 1. The highest BCUT2D eigenvalue weighted by Crippen LogP contribution is 2.40. The molecule has 0 unspecified atom stereocenters. The molecular formula is C26H27F3N6O3. The molecule has 2 N–H and O–H groups in total. The fourth-order valence-electron chi connectivity index (χ4n) is 4.68. The third kappa shape index (κ3) is 5.19. The molecule has 0 aliphatic carbocycles. The number of fused-ring (bicyclic) bond motifs is 1. The predicted octanol–water partition coefficient (Wildman–Crippen LogP) is 4.32. The van der Waals surface area contributed by atoms with E-state index in [9.17, 15) is 23.1 Å². The Hall–Kier alpha value is -3.98. The molecule has 1 aromatic carbocycles. The maximum Gasteiger partial charge on any atom is 0.266 e. The summed E-state index contributed by atoms with van der Waals surface area (Å²) in [6.45, 7) is 3.75. The van der Waals surface area contributed by atoms with Crippen LogP contribution in [0.3, 0.4) is 0 Å². The SMILES string of the molecule is COc1nc2nc(C)nc(N[C@H](C)c3cccc(C(F)F)c3F)c2cc1C1(O)CCN(C(=O)CC#N)CC1. The molecule has 0 saturated carbocycles. The minimum Gasteiger partial charge on any atom is -0.481 e. The highest BCUT2D eigenvalue weighted by atomic mass is 19.3. The van der Waals surface area contributed by atoms with Crippen LogP contribution in [0.15, 0.2) is 24.3 Å². The summed E-state index contributed by atoms with van der Waals surface area (Å²) in [6, 6.07) is 6.58. The van der Waals surface area contributed by atoms with Gasteiger partial charge in [-0.3, -0.25) is 4.79 Å². The Bertz CT molecular complexity index is 1400. The molecule has 3 aromatic rings. The van der Waals surface area contributed by atoms with E-state index in [1.165, 1.54) is 24.1 Å². The van der Waals surface area contributed by atoms with Gasteiger partial charge in [0.25, 0.3) is 6.43 Å². The molecule has 0 spiro atoms. The number of aromatic nitrogens is 3. The number of benzene rings is 1. The van der Waals surface area contributed by atoms with Gasteiger partial charge in [-0.15, -0.1) is 0 Å². The second-order valence-electron chi connectivity index (χ2n) is 9.20. The number of ether oxygens (including phenoxy) is 1. The van der Waals surface area contributed by atoms with Gasteiger partial charge in [0, 0.05) is 24.2 Å². The third-order valence-electron chi connectivity index (χ3n) is 6.75. The number of anilines is 1. The summed E-state index contributed by atoms with van der Waals surface area (Å²) in [5.41, 5.74) is -1.40. The summed E-state index contributed by atoms with van der Waals surface area (Å²) in [6.07, 6.45) is -2.81. The van der Waals surface area contributed by atoms with E-state index in [1.807, 2.05) is 6.07 Å². The van der Waals surface area contributed by atoms with Crippen molar-refractivity contribution in [2.45, 2.75) is 51.2 Å². The minimum atomic E-state index is -2.95. The van der Waals surface area contributed by atoms with E-state index in [2.05, 4.69) is 20.3 Å². The fraction of sp³-hybridized carbons (Fsp3) is 0.423. The Morgan fingerprint density at radius 3 is 2.58 bits per heavy atom. The number of amides is 1. The van der Waals surface area contributed by atoms with Gasteiger partial charge < -0.3 is 20.1 Å². The molecule has 0 radical (unpaired) electrons. The lowest BCUT2D eigenvalue weighted by Gasteiger charge is -2.38. The highest BCUT2D eigenvalue weighted by molar-refractivity contribution is 5.88. The third-order valence-corrected chi connectivity index (χ3v) is 6.75. The predicted molar refractivity (Wildman–Crippen MR) is 132 cm³/mol. The summed E-state index contributed by atoms with van der Waals surface area (Å²) >= 11 is 0. The number of pyridine rings is 1. The number of hydrogen-bond acceptors (Lipinski definition) is 8. The van der Waals surface area contributed by atoms with Crippen LogP contribution < -0.4 is 10.1 Å². The van der Waals surface area contributed by atoms with Crippen LogP contribution in [0, 0.1) is 24.1 Å². The van der Waals surface area contributed by atoms with Crippen LogP contribution in [-0.4, -0.2) is 51.1 Å². The fourth-order valence-corrected chi connectivity index (χ4v) is 4.68. The van der Waals surface area contributed by atoms with Crippen molar-refractivity contribution in [3.05, 3.63) is 52.6 Å². The van der Waals surface area contributed by atoms with Gasteiger partial charge in [-0.25, -0.2) is 23.1 Å². The number of nitriles is 1. The molecular weight excluding hydrogens is 501 g/mol. The number of piperidine rings is 1. The zero-order valence-corrected chi connectivity index (χ0v) is 21.1. The highest BCUT2D eigenvalue weighted by Gasteiger charge is 2.38. The molecule has 0 bridgehead atoms. The van der Waals surface area contributed by atoms with Crippen LogP contribution in [0.4, 0.5) is 19.0 Å². The van der Waals surface area contributed by atoms with E-state index in [1.54, 1.807) is 19.9 Å². The number of nitrogens with one attached hydrogen (secondary N) is 1. The van der Waals surface area contributed by atoms with E-state index in [0.717, 1.165) is 6.07 Å². The van der Waals surface area contributed by atoms with Crippen molar-refractivity contribution < 1.29 is 27.8 Å². The first-order chi connectivity index (χ1) is 18.1. The first-order valence-corrected chi connectivity index (χ1v) is 12.0. The number of carbonyl (C=O) groups excluding carboxylic acids is 1. The molecule has 1 fully saturated rings. The number of aliphatic hydroxyl groups is 1. The van der Waals surface area contributed by atoms with Crippen LogP contribution >= 0.6 is 0 Å². The molecule has 1 aliphatic rings. The lowest BCUT2D eigenvalue weighted by molar-refractivity contribution is -0.134. The van der Waals surface area contributed by atoms with Crippen molar-refractivity contribution in [3.63, 3.8) is 0 Å². The summed E-state index contributed by atoms with van der Waals surface area (Å²) < 4.78 is 46.7. The van der Waals surface area contributed by atoms with Crippen molar-refractivity contribution in [2.75, 3.05) is 25.5 Å². The normalized spacial score (nSPS) is 15.8. The largest absolute Gasteiger partial charge is 0.481 e. The van der Waals surface area contributed by atoms with Gasteiger partial charge in [-0.2, -0.15) is 10.2 Å². The lowest BCUT2D eigenvalue weighted by Crippen LogP contribution is -2.45. The standard InChI is InChI=1S/C26H27F3N6O3/c1-14(16-5-4-6-17(21(16)27)22(28)29)31-23-18-13-19(25(38-3)34-24(18)33-15(2)32-23)26(37)8-11-35(12-9-26)20(36)7-10-30/h4-6,13-14,22,37H,7-9,11-12H2,1-3H3,(H,31,32,33,34)/t14-/m1/s1. The Labute approximate surface area is 217 Å². The maximum atomic E-state index is 14.8. The Morgan fingerprint density at radius 2 is 1.95 bits per heavy atom. The van der Waals surface area contributed by atoms with Crippen LogP contribution in [0.5, 0.6) is 5.88 Å². The topological polar surface area (TPSA) is 124 Å². The first-order valence-electron chi connectivity index (χ1n) is 12.0. The summed E-state index contributed by atoms with van der Waals surface area (Å²) in [5.74, 6) is -0.497. The lowest BCUT2D eigenvalue weighted by atomic mass is 9.84. The average molecular weight is 529 g/mol. The van der Waals surface area contributed by atoms with E-state index in [0.29, 0.717) is 16.8 Å². The molecule has 12 heteroatoms. The Balaban J connectivity index is 1.72. The molecule has 1 atom stereocenters. The molecule has 38 heavy (non-hydrogen) atoms. The first kappa shape index (κ1) is 27.1. The average Bonchev–Trinajstić information content (AvgIpc) is 2.88. The molecule has 4 rings (SSSR count). The van der Waals surface area contributed by atoms with Crippen molar-refractivity contribution in [1.82, 2.24) is 19.9 Å². The Kier molecular flexibility index (Phi) is 7.68. The second kappa shape index (κ2) is 10.8. The van der Waals surface area contributed by atoms with E-state index in [-0.39, 0.29) is 61.2 Å². The number of nitrogens with zero attached hydrogens (tertiary/aromatic N) is 5. The van der Waals surface area contributed by atoms with Gasteiger partial charge in [-0.1, -0.05) is 18.2 Å². The van der Waals surface area contributed by atoms with Crippen LogP contribution in [0.2, 0.25) is 0 Å². The number of aryl methyl sites for hydroxylation is 1. The zero-order valence-electron chi connectivity index (χ0n) is 21.1. The van der Waals surface area contributed by atoms with Crippen LogP contribution in [0.25, 0.3) is 11.0 Å². The molecule has 3 heterocycles. The molecule has 2 aromatic heterocycles. The Morgan fingerprint density at radius 1 is 1.26 bits per heavy atom. The van der Waals surface area contributed by atoms with Crippen molar-refractivity contribution in [1.29, 1.82) is 5.26 Å². The zero-order chi connectivity index (χ0) is 27.6.